The fourth-order valence-electron chi connectivity index (χ4n) is 2.42. The SMILES string of the molecule is CCNC(CCN(C)CC(C)CC)c1ccccc1. The Labute approximate surface area is 119 Å². The van der Waals surface area contributed by atoms with Gasteiger partial charge in [-0.3, -0.25) is 0 Å². The van der Waals surface area contributed by atoms with Crippen LogP contribution in [-0.2, 0) is 0 Å². The number of hydrogen-bond acceptors (Lipinski definition) is 2. The summed E-state index contributed by atoms with van der Waals surface area (Å²) in [4.78, 5) is 2.46. The second-order valence-electron chi connectivity index (χ2n) is 5.59. The van der Waals surface area contributed by atoms with Gasteiger partial charge in [-0.1, -0.05) is 57.5 Å². The van der Waals surface area contributed by atoms with Crippen LogP contribution in [0.1, 0.15) is 45.2 Å². The van der Waals surface area contributed by atoms with E-state index in [1.807, 2.05) is 0 Å². The Balaban J connectivity index is 2.46. The molecular formula is C17H30N2. The van der Waals surface area contributed by atoms with Crippen molar-refractivity contribution < 1.29 is 0 Å². The van der Waals surface area contributed by atoms with E-state index < -0.39 is 0 Å². The molecule has 0 aliphatic heterocycles. The van der Waals surface area contributed by atoms with Crippen LogP contribution in [0.15, 0.2) is 30.3 Å². The summed E-state index contributed by atoms with van der Waals surface area (Å²) in [5, 5.41) is 3.59. The minimum Gasteiger partial charge on any atom is -0.310 e. The molecule has 1 N–H and O–H groups in total. The molecular weight excluding hydrogens is 232 g/mol. The zero-order chi connectivity index (χ0) is 14.1. The lowest BCUT2D eigenvalue weighted by molar-refractivity contribution is 0.266. The highest BCUT2D eigenvalue weighted by molar-refractivity contribution is 5.18. The van der Waals surface area contributed by atoms with Crippen LogP contribution in [0, 0.1) is 5.92 Å². The summed E-state index contributed by atoms with van der Waals surface area (Å²) < 4.78 is 0. The summed E-state index contributed by atoms with van der Waals surface area (Å²) in [7, 11) is 2.24. The zero-order valence-electron chi connectivity index (χ0n) is 13.0. The van der Waals surface area contributed by atoms with Gasteiger partial charge < -0.3 is 10.2 Å². The van der Waals surface area contributed by atoms with Gasteiger partial charge in [-0.15, -0.1) is 0 Å². The monoisotopic (exact) mass is 262 g/mol. The molecule has 19 heavy (non-hydrogen) atoms. The van der Waals surface area contributed by atoms with Crippen molar-refractivity contribution in [1.82, 2.24) is 10.2 Å². The van der Waals surface area contributed by atoms with Crippen molar-refractivity contribution in [3.8, 4) is 0 Å². The van der Waals surface area contributed by atoms with E-state index in [4.69, 9.17) is 0 Å². The molecule has 0 saturated heterocycles. The third kappa shape index (κ3) is 6.22. The molecule has 0 aliphatic carbocycles. The Hall–Kier alpha value is -0.860. The number of rotatable bonds is 9. The lowest BCUT2D eigenvalue weighted by Crippen LogP contribution is -2.29. The molecule has 0 saturated carbocycles. The second kappa shape index (κ2) is 9.11. The highest BCUT2D eigenvalue weighted by atomic mass is 15.1. The van der Waals surface area contributed by atoms with Gasteiger partial charge in [-0.05, 0) is 38.0 Å². The molecule has 1 aromatic rings. The number of nitrogens with zero attached hydrogens (tertiary/aromatic N) is 1. The number of hydrogen-bond donors (Lipinski definition) is 1. The third-order valence-corrected chi connectivity index (χ3v) is 3.77. The molecule has 0 fully saturated rings. The normalized spacial score (nSPS) is 14.6. The van der Waals surface area contributed by atoms with Gasteiger partial charge in [0.15, 0.2) is 0 Å². The number of benzene rings is 1. The Kier molecular flexibility index (Phi) is 7.76. The first-order valence-electron chi connectivity index (χ1n) is 7.64. The predicted octanol–water partition coefficient (Wildman–Crippen LogP) is 3.71. The van der Waals surface area contributed by atoms with Gasteiger partial charge >= 0.3 is 0 Å². The highest BCUT2D eigenvalue weighted by Gasteiger charge is 2.11. The van der Waals surface area contributed by atoms with E-state index in [0.29, 0.717) is 6.04 Å². The van der Waals surface area contributed by atoms with E-state index in [9.17, 15) is 0 Å². The Morgan fingerprint density at radius 2 is 1.84 bits per heavy atom. The van der Waals surface area contributed by atoms with Gasteiger partial charge in [0.2, 0.25) is 0 Å². The maximum Gasteiger partial charge on any atom is 0.0332 e. The Morgan fingerprint density at radius 1 is 1.16 bits per heavy atom. The van der Waals surface area contributed by atoms with Gasteiger partial charge in [-0.2, -0.15) is 0 Å². The Bertz CT molecular complexity index is 323. The summed E-state index contributed by atoms with van der Waals surface area (Å²) in [6.07, 6.45) is 2.43. The van der Waals surface area contributed by atoms with Gasteiger partial charge in [-0.25, -0.2) is 0 Å². The van der Waals surface area contributed by atoms with Crippen molar-refractivity contribution in [1.29, 1.82) is 0 Å². The van der Waals surface area contributed by atoms with E-state index in [2.05, 4.69) is 68.4 Å². The first kappa shape index (κ1) is 16.2. The van der Waals surface area contributed by atoms with E-state index in [0.717, 1.165) is 19.0 Å². The summed E-state index contributed by atoms with van der Waals surface area (Å²) in [6, 6.07) is 11.3. The average molecular weight is 262 g/mol. The van der Waals surface area contributed by atoms with Crippen LogP contribution in [0.5, 0.6) is 0 Å². The fraction of sp³-hybridized carbons (Fsp3) is 0.647. The van der Waals surface area contributed by atoms with E-state index >= 15 is 0 Å². The van der Waals surface area contributed by atoms with Crippen molar-refractivity contribution >= 4 is 0 Å². The van der Waals surface area contributed by atoms with Crippen molar-refractivity contribution in [2.75, 3.05) is 26.7 Å². The van der Waals surface area contributed by atoms with Crippen LogP contribution in [0.4, 0.5) is 0 Å². The molecule has 0 radical (unpaired) electrons. The summed E-state index contributed by atoms with van der Waals surface area (Å²) >= 11 is 0. The molecule has 0 amide bonds. The maximum absolute atomic E-state index is 3.59. The quantitative estimate of drug-likeness (QED) is 0.730. The van der Waals surface area contributed by atoms with Gasteiger partial charge in [0.05, 0.1) is 0 Å². The molecule has 2 unspecified atom stereocenters. The fourth-order valence-corrected chi connectivity index (χ4v) is 2.42. The third-order valence-electron chi connectivity index (χ3n) is 3.77. The van der Waals surface area contributed by atoms with Gasteiger partial charge in [0.1, 0.15) is 0 Å². The van der Waals surface area contributed by atoms with Crippen LogP contribution in [0.2, 0.25) is 0 Å². The molecule has 2 heteroatoms. The summed E-state index contributed by atoms with van der Waals surface area (Å²) in [5.41, 5.74) is 1.40. The zero-order valence-corrected chi connectivity index (χ0v) is 13.0. The van der Waals surface area contributed by atoms with Crippen LogP contribution in [0.3, 0.4) is 0 Å². The van der Waals surface area contributed by atoms with Crippen LogP contribution < -0.4 is 5.32 Å². The summed E-state index contributed by atoms with van der Waals surface area (Å²) in [5.74, 6) is 0.791. The molecule has 108 valence electrons. The lowest BCUT2D eigenvalue weighted by Gasteiger charge is -2.24. The minimum absolute atomic E-state index is 0.477. The molecule has 0 bridgehead atoms. The Morgan fingerprint density at radius 3 is 2.42 bits per heavy atom. The van der Waals surface area contributed by atoms with E-state index in [1.54, 1.807) is 0 Å². The highest BCUT2D eigenvalue weighted by Crippen LogP contribution is 2.17. The molecule has 2 nitrogen and oxygen atoms in total. The van der Waals surface area contributed by atoms with Crippen LogP contribution in [0.25, 0.3) is 0 Å². The molecule has 1 aromatic carbocycles. The average Bonchev–Trinajstić information content (AvgIpc) is 2.44. The number of nitrogens with one attached hydrogen (secondary N) is 1. The molecule has 0 heterocycles. The molecule has 2 atom stereocenters. The van der Waals surface area contributed by atoms with Gasteiger partial charge in [0.25, 0.3) is 0 Å². The standard InChI is InChI=1S/C17H30N2/c1-5-15(3)14-19(4)13-12-17(18-6-2)16-10-8-7-9-11-16/h7-11,15,17-18H,5-6,12-14H2,1-4H3. The van der Waals surface area contributed by atoms with Crippen LogP contribution in [-0.4, -0.2) is 31.6 Å². The van der Waals surface area contributed by atoms with Gasteiger partial charge in [0, 0.05) is 12.6 Å². The lowest BCUT2D eigenvalue weighted by atomic mass is 10.0. The first-order chi connectivity index (χ1) is 9.17. The van der Waals surface area contributed by atoms with E-state index in [1.165, 1.54) is 24.9 Å². The largest absolute Gasteiger partial charge is 0.310 e. The summed E-state index contributed by atoms with van der Waals surface area (Å²) in [6.45, 7) is 10.1. The van der Waals surface area contributed by atoms with Crippen molar-refractivity contribution in [2.24, 2.45) is 5.92 Å². The van der Waals surface area contributed by atoms with Crippen molar-refractivity contribution in [3.05, 3.63) is 35.9 Å². The van der Waals surface area contributed by atoms with Crippen molar-refractivity contribution in [2.45, 2.75) is 39.7 Å². The van der Waals surface area contributed by atoms with Crippen LogP contribution >= 0.6 is 0 Å². The molecule has 1 rings (SSSR count). The molecule has 0 aromatic heterocycles. The first-order valence-corrected chi connectivity index (χ1v) is 7.64. The second-order valence-corrected chi connectivity index (χ2v) is 5.59. The maximum atomic E-state index is 3.59. The molecule has 0 aliphatic rings. The molecule has 0 spiro atoms. The van der Waals surface area contributed by atoms with E-state index in [-0.39, 0.29) is 0 Å². The smallest absolute Gasteiger partial charge is 0.0332 e. The topological polar surface area (TPSA) is 15.3 Å². The van der Waals surface area contributed by atoms with Crippen molar-refractivity contribution in [3.63, 3.8) is 0 Å². The predicted molar refractivity (Wildman–Crippen MR) is 84.4 cm³/mol. The minimum atomic E-state index is 0.477.